The second-order valence-electron chi connectivity index (χ2n) is 3.89. The third kappa shape index (κ3) is 2.86. The van der Waals surface area contributed by atoms with Crippen LogP contribution in [0.4, 0.5) is 0 Å². The molecule has 2 rings (SSSR count). The summed E-state index contributed by atoms with van der Waals surface area (Å²) in [6.45, 7) is 3.69. The minimum absolute atomic E-state index is 0.653. The van der Waals surface area contributed by atoms with Gasteiger partial charge in [-0.2, -0.15) is 0 Å². The highest BCUT2D eigenvalue weighted by Gasteiger charge is 2.09. The maximum absolute atomic E-state index is 6.17. The highest BCUT2D eigenvalue weighted by atomic mass is 35.5. The molecule has 18 heavy (non-hydrogen) atoms. The zero-order valence-corrected chi connectivity index (χ0v) is 11.3. The first kappa shape index (κ1) is 13.0. The Hall–Kier alpha value is -1.45. The molecule has 0 fully saturated rings. The molecule has 0 aliphatic rings. The monoisotopic (exact) mass is 265 g/mol. The summed E-state index contributed by atoms with van der Waals surface area (Å²) < 4.78 is 10.9. The molecule has 2 aromatic rings. The maximum Gasteiger partial charge on any atom is 0.135 e. The van der Waals surface area contributed by atoms with Gasteiger partial charge < -0.3 is 14.5 Å². The van der Waals surface area contributed by atoms with Crippen molar-refractivity contribution < 1.29 is 9.15 Å². The average Bonchev–Trinajstić information content (AvgIpc) is 2.85. The predicted molar refractivity (Wildman–Crippen MR) is 73.1 cm³/mol. The van der Waals surface area contributed by atoms with Gasteiger partial charge in [0.15, 0.2) is 0 Å². The summed E-state index contributed by atoms with van der Waals surface area (Å²) in [5, 5.41) is 3.87. The Bertz CT molecular complexity index is 522. The number of nitrogens with one attached hydrogen (secondary N) is 1. The van der Waals surface area contributed by atoms with E-state index < -0.39 is 0 Å². The van der Waals surface area contributed by atoms with Crippen LogP contribution in [-0.4, -0.2) is 13.7 Å². The quantitative estimate of drug-likeness (QED) is 0.895. The molecule has 0 unspecified atom stereocenters. The van der Waals surface area contributed by atoms with Crippen LogP contribution in [0.25, 0.3) is 11.3 Å². The zero-order valence-electron chi connectivity index (χ0n) is 10.5. The Labute approximate surface area is 112 Å². The molecule has 0 aliphatic heterocycles. The van der Waals surface area contributed by atoms with Gasteiger partial charge in [-0.05, 0) is 36.9 Å². The number of methoxy groups -OCH3 is 1. The van der Waals surface area contributed by atoms with Crippen molar-refractivity contribution >= 4 is 11.6 Å². The van der Waals surface area contributed by atoms with Crippen molar-refractivity contribution in [1.82, 2.24) is 5.32 Å². The van der Waals surface area contributed by atoms with Gasteiger partial charge in [-0.25, -0.2) is 0 Å². The Morgan fingerprint density at radius 2 is 2.11 bits per heavy atom. The fraction of sp³-hybridized carbons (Fsp3) is 0.286. The standard InChI is InChI=1S/C14H16ClNO2/c1-3-16-9-11-5-7-14(18-11)12-8-10(17-2)4-6-13(12)15/h4-8,16H,3,9H2,1-2H3. The van der Waals surface area contributed by atoms with Gasteiger partial charge >= 0.3 is 0 Å². The van der Waals surface area contributed by atoms with Crippen molar-refractivity contribution in [3.05, 3.63) is 41.1 Å². The third-order valence-corrected chi connectivity index (χ3v) is 2.98. The van der Waals surface area contributed by atoms with Crippen LogP contribution >= 0.6 is 11.6 Å². The lowest BCUT2D eigenvalue weighted by Crippen LogP contribution is -2.10. The van der Waals surface area contributed by atoms with Gasteiger partial charge in [0.1, 0.15) is 17.3 Å². The van der Waals surface area contributed by atoms with Crippen LogP contribution in [0.5, 0.6) is 5.75 Å². The van der Waals surface area contributed by atoms with Gasteiger partial charge in [0.25, 0.3) is 0 Å². The van der Waals surface area contributed by atoms with Crippen molar-refractivity contribution in [1.29, 1.82) is 0 Å². The number of furan rings is 1. The first-order valence-electron chi connectivity index (χ1n) is 5.88. The van der Waals surface area contributed by atoms with Crippen LogP contribution in [0, 0.1) is 0 Å². The summed E-state index contributed by atoms with van der Waals surface area (Å²) >= 11 is 6.17. The molecule has 1 aromatic heterocycles. The molecule has 1 heterocycles. The number of halogens is 1. The lowest BCUT2D eigenvalue weighted by molar-refractivity contribution is 0.414. The molecule has 1 aromatic carbocycles. The van der Waals surface area contributed by atoms with Crippen LogP contribution in [0.15, 0.2) is 34.7 Å². The largest absolute Gasteiger partial charge is 0.497 e. The highest BCUT2D eigenvalue weighted by molar-refractivity contribution is 6.33. The molecule has 0 bridgehead atoms. The summed E-state index contributed by atoms with van der Waals surface area (Å²) in [5.41, 5.74) is 0.846. The Kier molecular flexibility index (Phi) is 4.28. The van der Waals surface area contributed by atoms with Crippen molar-refractivity contribution in [2.24, 2.45) is 0 Å². The van der Waals surface area contributed by atoms with Crippen LogP contribution in [-0.2, 0) is 6.54 Å². The second kappa shape index (κ2) is 5.94. The van der Waals surface area contributed by atoms with E-state index in [9.17, 15) is 0 Å². The maximum atomic E-state index is 6.17. The van der Waals surface area contributed by atoms with E-state index in [2.05, 4.69) is 12.2 Å². The summed E-state index contributed by atoms with van der Waals surface area (Å²) in [4.78, 5) is 0. The molecule has 0 amide bonds. The summed E-state index contributed by atoms with van der Waals surface area (Å²) in [6, 6.07) is 9.38. The molecule has 1 N–H and O–H groups in total. The van der Waals surface area contributed by atoms with Crippen molar-refractivity contribution in [2.75, 3.05) is 13.7 Å². The molecule has 0 aliphatic carbocycles. The average molecular weight is 266 g/mol. The smallest absolute Gasteiger partial charge is 0.135 e. The van der Waals surface area contributed by atoms with Gasteiger partial charge in [-0.15, -0.1) is 0 Å². The number of hydrogen-bond donors (Lipinski definition) is 1. The molecule has 96 valence electrons. The van der Waals surface area contributed by atoms with Gasteiger partial charge in [0.2, 0.25) is 0 Å². The van der Waals surface area contributed by atoms with E-state index in [1.807, 2.05) is 30.3 Å². The van der Waals surface area contributed by atoms with Crippen molar-refractivity contribution in [3.8, 4) is 17.1 Å². The van der Waals surface area contributed by atoms with Gasteiger partial charge in [-0.1, -0.05) is 18.5 Å². The van der Waals surface area contributed by atoms with E-state index in [4.69, 9.17) is 20.8 Å². The fourth-order valence-electron chi connectivity index (χ4n) is 1.69. The molecular weight excluding hydrogens is 250 g/mol. The van der Waals surface area contributed by atoms with Crippen LogP contribution < -0.4 is 10.1 Å². The minimum atomic E-state index is 0.653. The normalized spacial score (nSPS) is 10.6. The Balaban J connectivity index is 2.27. The van der Waals surface area contributed by atoms with Gasteiger partial charge in [-0.3, -0.25) is 0 Å². The lowest BCUT2D eigenvalue weighted by atomic mass is 10.1. The van der Waals surface area contributed by atoms with E-state index >= 15 is 0 Å². The first-order valence-corrected chi connectivity index (χ1v) is 6.25. The zero-order chi connectivity index (χ0) is 13.0. The molecule has 4 heteroatoms. The van der Waals surface area contributed by atoms with E-state index in [-0.39, 0.29) is 0 Å². The van der Waals surface area contributed by atoms with Crippen LogP contribution in [0.1, 0.15) is 12.7 Å². The number of ether oxygens (including phenoxy) is 1. The molecule has 0 spiro atoms. The van der Waals surface area contributed by atoms with Crippen molar-refractivity contribution in [2.45, 2.75) is 13.5 Å². The van der Waals surface area contributed by atoms with E-state index in [0.717, 1.165) is 35.9 Å². The first-order chi connectivity index (χ1) is 8.74. The fourth-order valence-corrected chi connectivity index (χ4v) is 1.90. The molecule has 0 radical (unpaired) electrons. The third-order valence-electron chi connectivity index (χ3n) is 2.65. The van der Waals surface area contributed by atoms with Crippen molar-refractivity contribution in [3.63, 3.8) is 0 Å². The highest BCUT2D eigenvalue weighted by Crippen LogP contribution is 2.32. The minimum Gasteiger partial charge on any atom is -0.497 e. The van der Waals surface area contributed by atoms with E-state index in [0.29, 0.717) is 5.02 Å². The molecule has 0 atom stereocenters. The number of benzene rings is 1. The summed E-state index contributed by atoms with van der Waals surface area (Å²) in [7, 11) is 1.63. The topological polar surface area (TPSA) is 34.4 Å². The van der Waals surface area contributed by atoms with Gasteiger partial charge in [0, 0.05) is 5.56 Å². The number of hydrogen-bond acceptors (Lipinski definition) is 3. The van der Waals surface area contributed by atoms with E-state index in [1.54, 1.807) is 7.11 Å². The Morgan fingerprint density at radius 1 is 1.28 bits per heavy atom. The van der Waals surface area contributed by atoms with Crippen LogP contribution in [0.2, 0.25) is 5.02 Å². The molecule has 3 nitrogen and oxygen atoms in total. The predicted octanol–water partition coefficient (Wildman–Crippen LogP) is 3.72. The summed E-state index contributed by atoms with van der Waals surface area (Å²) in [5.74, 6) is 2.41. The lowest BCUT2D eigenvalue weighted by Gasteiger charge is -2.04. The second-order valence-corrected chi connectivity index (χ2v) is 4.30. The molecular formula is C14H16ClNO2. The molecule has 0 saturated carbocycles. The SMILES string of the molecule is CCNCc1ccc(-c2cc(OC)ccc2Cl)o1. The molecule has 0 saturated heterocycles. The van der Waals surface area contributed by atoms with Gasteiger partial charge in [0.05, 0.1) is 18.7 Å². The van der Waals surface area contributed by atoms with E-state index in [1.165, 1.54) is 0 Å². The van der Waals surface area contributed by atoms with Crippen LogP contribution in [0.3, 0.4) is 0 Å². The summed E-state index contributed by atoms with van der Waals surface area (Å²) in [6.07, 6.45) is 0. The Morgan fingerprint density at radius 3 is 2.83 bits per heavy atom. The number of rotatable bonds is 5.